The molecule has 13 nitrogen and oxygen atoms in total. The second-order valence-corrected chi connectivity index (χ2v) is 22.7. The van der Waals surface area contributed by atoms with Gasteiger partial charge in [0.1, 0.15) is 11.6 Å². The number of hydrogen-bond acceptors (Lipinski definition) is 11. The Bertz CT molecular complexity index is 2150. The molecule has 0 aliphatic carbocycles. The number of aliphatic hydroxyl groups excluding tert-OH is 1. The Morgan fingerprint density at radius 3 is 1.45 bits per heavy atom. The molecule has 15 heteroatoms. The first-order valence-electron chi connectivity index (χ1n) is 19.4. The van der Waals surface area contributed by atoms with Gasteiger partial charge in [0.15, 0.2) is 19.7 Å². The van der Waals surface area contributed by atoms with Crippen LogP contribution in [0, 0.1) is 10.8 Å². The lowest BCUT2D eigenvalue weighted by molar-refractivity contribution is 0.141. The highest BCUT2D eigenvalue weighted by molar-refractivity contribution is 7.92. The lowest BCUT2D eigenvalue weighted by atomic mass is 9.92. The third kappa shape index (κ3) is 10.5. The summed E-state index contributed by atoms with van der Waals surface area (Å²) in [5.41, 5.74) is 3.72. The summed E-state index contributed by atoms with van der Waals surface area (Å²) >= 11 is 0. The number of fused-ring (bicyclic) bond motifs is 2. The number of hydrogen-bond donors (Lipinski definition) is 2. The smallest absolute Gasteiger partial charge is 0.183 e. The van der Waals surface area contributed by atoms with Crippen LogP contribution in [0.4, 0.5) is 0 Å². The molecule has 55 heavy (non-hydrogen) atoms. The van der Waals surface area contributed by atoms with Gasteiger partial charge < -0.3 is 29.4 Å². The molecule has 2 fully saturated rings. The summed E-state index contributed by atoms with van der Waals surface area (Å²) in [5.74, 6) is 2.02. The van der Waals surface area contributed by atoms with Gasteiger partial charge in [-0.1, -0.05) is 41.5 Å². The van der Waals surface area contributed by atoms with Crippen molar-refractivity contribution in [1.29, 1.82) is 0 Å². The van der Waals surface area contributed by atoms with Crippen LogP contribution in [0.2, 0.25) is 0 Å². The summed E-state index contributed by atoms with van der Waals surface area (Å²) in [5, 5.41) is 11.3. The Morgan fingerprint density at radius 1 is 0.691 bits per heavy atom. The first-order chi connectivity index (χ1) is 25.6. The van der Waals surface area contributed by atoms with Crippen molar-refractivity contribution >= 4 is 41.7 Å². The quantitative estimate of drug-likeness (QED) is 0.193. The molecule has 2 aliphatic heterocycles. The number of β-amino-alcohol motifs (C(OH)–C–C–N with tert-alkyl or cyclic N) is 1. The van der Waals surface area contributed by atoms with Crippen molar-refractivity contribution in [3.05, 3.63) is 48.0 Å². The molecule has 6 rings (SSSR count). The van der Waals surface area contributed by atoms with E-state index < -0.39 is 24.9 Å². The van der Waals surface area contributed by atoms with Crippen LogP contribution in [-0.2, 0) is 45.6 Å². The monoisotopic (exact) mass is 800 g/mol. The number of likely N-dealkylation sites (tertiary alicyclic amines) is 1. The van der Waals surface area contributed by atoms with Gasteiger partial charge in [0.2, 0.25) is 0 Å². The van der Waals surface area contributed by atoms with E-state index in [4.69, 9.17) is 15.1 Å². The van der Waals surface area contributed by atoms with E-state index in [1.54, 1.807) is 24.3 Å². The predicted octanol–water partition coefficient (Wildman–Crippen LogP) is 3.57. The molecule has 0 atom stereocenters. The van der Waals surface area contributed by atoms with Crippen LogP contribution in [0.1, 0.15) is 53.2 Å². The Kier molecular flexibility index (Phi) is 13.3. The van der Waals surface area contributed by atoms with Crippen LogP contribution in [0.3, 0.4) is 0 Å². The van der Waals surface area contributed by atoms with Gasteiger partial charge in [-0.25, -0.2) is 26.8 Å². The van der Waals surface area contributed by atoms with Crippen LogP contribution in [-0.4, -0.2) is 147 Å². The zero-order valence-corrected chi connectivity index (χ0v) is 36.3. The molecule has 306 valence electrons. The fraction of sp³-hybridized carbons (Fsp3) is 0.650. The fourth-order valence-electron chi connectivity index (χ4n) is 6.90. The molecule has 0 spiro atoms. The van der Waals surface area contributed by atoms with E-state index in [2.05, 4.69) is 79.9 Å². The minimum absolute atomic E-state index is 0.0552. The summed E-state index contributed by atoms with van der Waals surface area (Å²) in [6.07, 6.45) is 1.68. The first-order valence-corrected chi connectivity index (χ1v) is 22.5. The molecule has 4 aromatic rings. The SMILES string of the molecule is CN(C)CCn1c(CC(C)(C)C)nc2cc(S(=O)(=O)C3CN(CCO)C3)ccc21.CN(C)CCn1c(CC(C)(C)C)nc2cc(S(=O)(=O)C3CNC3)ccc21. The van der Waals surface area contributed by atoms with Gasteiger partial charge >= 0.3 is 0 Å². The Labute approximate surface area is 328 Å². The molecule has 0 radical (unpaired) electrons. The van der Waals surface area contributed by atoms with Crippen LogP contribution in [0.25, 0.3) is 22.1 Å². The van der Waals surface area contributed by atoms with Gasteiger partial charge in [-0.3, -0.25) is 4.90 Å². The second kappa shape index (κ2) is 16.9. The number of aliphatic hydroxyl groups is 1. The van der Waals surface area contributed by atoms with Crippen LogP contribution in [0.15, 0.2) is 46.2 Å². The molecular weight excluding hydrogens is 737 g/mol. The number of aromatic nitrogens is 4. The largest absolute Gasteiger partial charge is 0.395 e. The lowest BCUT2D eigenvalue weighted by Gasteiger charge is -2.38. The topological polar surface area (TPSA) is 146 Å². The molecule has 0 bridgehead atoms. The normalized spacial score (nSPS) is 16.5. The number of nitrogens with zero attached hydrogens (tertiary/aromatic N) is 7. The average molecular weight is 801 g/mol. The number of imidazole rings is 2. The Balaban J connectivity index is 0.000000212. The van der Waals surface area contributed by atoms with E-state index in [-0.39, 0.29) is 22.7 Å². The number of nitrogens with one attached hydrogen (secondary N) is 1. The van der Waals surface area contributed by atoms with Crippen molar-refractivity contribution in [2.75, 3.05) is 80.6 Å². The zero-order chi connectivity index (χ0) is 40.5. The minimum atomic E-state index is -3.39. The van der Waals surface area contributed by atoms with Gasteiger partial charge in [0, 0.05) is 71.7 Å². The Hall–Kier alpha value is -2.92. The van der Waals surface area contributed by atoms with Gasteiger partial charge in [-0.15, -0.1) is 0 Å². The van der Waals surface area contributed by atoms with Crippen LogP contribution in [0.5, 0.6) is 0 Å². The zero-order valence-electron chi connectivity index (χ0n) is 34.6. The van der Waals surface area contributed by atoms with Gasteiger partial charge in [0.05, 0.1) is 49.0 Å². The standard InChI is InChI=1S/C21H34N4O3S.C19H30N4O2S/c1-21(2,3)13-20-22-18-12-16(6-7-19(18)25(20)9-8-23(4)5)29(27,28)17-14-24(15-17)10-11-26;1-19(2,3)11-18-21-16-10-14(26(24,25)15-12-20-13-15)6-7-17(16)23(18)9-8-22(4)5/h6-7,12,17,26H,8-11,13-15H2,1-5H3;6-7,10,15,20H,8-9,11-13H2,1-5H3. The molecule has 2 aromatic carbocycles. The van der Waals surface area contributed by atoms with Crippen LogP contribution >= 0.6 is 0 Å². The molecule has 2 N–H and O–H groups in total. The van der Waals surface area contributed by atoms with Crippen molar-refractivity contribution in [1.82, 2.24) is 39.1 Å². The molecule has 2 aromatic heterocycles. The summed E-state index contributed by atoms with van der Waals surface area (Å²) in [7, 11) is 1.54. The molecule has 2 aliphatic rings. The van der Waals surface area contributed by atoms with Gasteiger partial charge in [0.25, 0.3) is 0 Å². The second-order valence-electron chi connectivity index (χ2n) is 18.2. The van der Waals surface area contributed by atoms with E-state index in [0.717, 1.165) is 72.7 Å². The van der Waals surface area contributed by atoms with E-state index in [0.29, 0.717) is 42.5 Å². The first kappa shape index (κ1) is 43.2. The molecule has 2 saturated heterocycles. The predicted molar refractivity (Wildman–Crippen MR) is 221 cm³/mol. The lowest BCUT2D eigenvalue weighted by Crippen LogP contribution is -2.55. The molecular formula is C40H64N8O5S2. The van der Waals surface area contributed by atoms with Gasteiger partial charge in [-0.2, -0.15) is 0 Å². The highest BCUT2D eigenvalue weighted by Crippen LogP contribution is 2.30. The minimum Gasteiger partial charge on any atom is -0.395 e. The van der Waals surface area contributed by atoms with E-state index in [1.165, 1.54) is 0 Å². The maximum atomic E-state index is 13.0. The third-order valence-corrected chi connectivity index (χ3v) is 14.3. The fourth-order valence-corrected chi connectivity index (χ4v) is 10.2. The average Bonchev–Trinajstić information content (AvgIpc) is 3.52. The van der Waals surface area contributed by atoms with Crippen molar-refractivity contribution in [2.45, 2.75) is 87.8 Å². The highest BCUT2D eigenvalue weighted by Gasteiger charge is 2.38. The van der Waals surface area contributed by atoms with Crippen LogP contribution < -0.4 is 5.32 Å². The summed E-state index contributed by atoms with van der Waals surface area (Å²) < 4.78 is 55.9. The summed E-state index contributed by atoms with van der Waals surface area (Å²) in [6, 6.07) is 10.8. The van der Waals surface area contributed by atoms with Crippen molar-refractivity contribution in [2.24, 2.45) is 10.8 Å². The van der Waals surface area contributed by atoms with Crippen molar-refractivity contribution in [3.63, 3.8) is 0 Å². The number of benzene rings is 2. The number of sulfone groups is 2. The number of rotatable bonds is 14. The molecule has 0 saturated carbocycles. The van der Waals surface area contributed by atoms with Gasteiger partial charge in [-0.05, 0) is 75.4 Å². The third-order valence-electron chi connectivity index (χ3n) is 10.1. The maximum Gasteiger partial charge on any atom is 0.183 e. The summed E-state index contributed by atoms with van der Waals surface area (Å²) in [6.45, 7) is 19.2. The van der Waals surface area contributed by atoms with Crippen molar-refractivity contribution in [3.8, 4) is 0 Å². The van der Waals surface area contributed by atoms with E-state index in [9.17, 15) is 16.8 Å². The van der Waals surface area contributed by atoms with E-state index in [1.807, 2.05) is 31.1 Å². The summed E-state index contributed by atoms with van der Waals surface area (Å²) in [4.78, 5) is 16.6. The molecule has 4 heterocycles. The van der Waals surface area contributed by atoms with Crippen molar-refractivity contribution < 1.29 is 21.9 Å². The number of likely N-dealkylation sites (N-methyl/N-ethyl adjacent to an activating group) is 2. The molecule has 0 amide bonds. The molecule has 0 unspecified atom stereocenters. The Morgan fingerprint density at radius 2 is 1.11 bits per heavy atom. The van der Waals surface area contributed by atoms with E-state index >= 15 is 0 Å². The maximum absolute atomic E-state index is 13.0. The highest BCUT2D eigenvalue weighted by atomic mass is 32.2.